The summed E-state index contributed by atoms with van der Waals surface area (Å²) in [6.07, 6.45) is 7.69. The van der Waals surface area contributed by atoms with Gasteiger partial charge in [-0.2, -0.15) is 0 Å². The van der Waals surface area contributed by atoms with Crippen LogP contribution in [0.3, 0.4) is 0 Å². The first kappa shape index (κ1) is 13.4. The van der Waals surface area contributed by atoms with Crippen LogP contribution in [0.5, 0.6) is 0 Å². The summed E-state index contributed by atoms with van der Waals surface area (Å²) in [6.45, 7) is 5.43. The fraction of sp³-hybridized carbons (Fsp3) is 0.667. The highest BCUT2D eigenvalue weighted by atomic mass is 35.5. The second-order valence-corrected chi connectivity index (χ2v) is 4.40. The number of aromatic nitrogens is 2. The first-order valence-corrected chi connectivity index (χ1v) is 6.33. The summed E-state index contributed by atoms with van der Waals surface area (Å²) in [4.78, 5) is 8.45. The average molecular weight is 242 g/mol. The molecule has 0 saturated heterocycles. The van der Waals surface area contributed by atoms with Crippen molar-refractivity contribution < 1.29 is 0 Å². The Kier molecular flexibility index (Phi) is 6.34. The van der Waals surface area contributed by atoms with Crippen molar-refractivity contribution in [2.75, 3.05) is 6.54 Å². The van der Waals surface area contributed by atoms with Gasteiger partial charge < -0.3 is 5.32 Å². The Morgan fingerprint density at radius 2 is 1.94 bits per heavy atom. The fourth-order valence-electron chi connectivity index (χ4n) is 1.64. The maximum absolute atomic E-state index is 5.75. The van der Waals surface area contributed by atoms with Gasteiger partial charge in [-0.25, -0.2) is 9.97 Å². The molecule has 1 N–H and O–H groups in total. The molecule has 1 atom stereocenters. The summed E-state index contributed by atoms with van der Waals surface area (Å²) in [5.41, 5.74) is 0. The summed E-state index contributed by atoms with van der Waals surface area (Å²) < 4.78 is 0. The largest absolute Gasteiger partial charge is 0.314 e. The van der Waals surface area contributed by atoms with Gasteiger partial charge in [-0.1, -0.05) is 31.9 Å². The van der Waals surface area contributed by atoms with Crippen LogP contribution in [-0.2, 0) is 6.42 Å². The molecule has 1 heterocycles. The Morgan fingerprint density at radius 1 is 1.25 bits per heavy atom. The molecule has 0 aliphatic carbocycles. The molecule has 0 aliphatic heterocycles. The van der Waals surface area contributed by atoms with Crippen molar-refractivity contribution in [3.05, 3.63) is 23.2 Å². The third kappa shape index (κ3) is 4.90. The van der Waals surface area contributed by atoms with E-state index in [1.165, 1.54) is 6.42 Å². The van der Waals surface area contributed by atoms with E-state index in [2.05, 4.69) is 29.1 Å². The SMILES string of the molecule is CCCNC(CCC)Cc1ncc(Cl)cn1. The van der Waals surface area contributed by atoms with Gasteiger partial charge in [-0.05, 0) is 19.4 Å². The molecule has 1 aromatic heterocycles. The van der Waals surface area contributed by atoms with Gasteiger partial charge in [0, 0.05) is 24.9 Å². The molecule has 0 aliphatic rings. The predicted molar refractivity (Wildman–Crippen MR) is 67.7 cm³/mol. The Morgan fingerprint density at radius 3 is 2.50 bits per heavy atom. The molecule has 90 valence electrons. The molecule has 0 radical (unpaired) electrons. The monoisotopic (exact) mass is 241 g/mol. The van der Waals surface area contributed by atoms with Crippen LogP contribution in [0.15, 0.2) is 12.4 Å². The standard InChI is InChI=1S/C12H20ClN3/c1-3-5-11(14-6-4-2)7-12-15-8-10(13)9-16-12/h8-9,11,14H,3-7H2,1-2H3. The Hall–Kier alpha value is -0.670. The zero-order valence-electron chi connectivity index (χ0n) is 10.0. The van der Waals surface area contributed by atoms with E-state index in [4.69, 9.17) is 11.6 Å². The van der Waals surface area contributed by atoms with E-state index in [1.807, 2.05) is 0 Å². The van der Waals surface area contributed by atoms with Gasteiger partial charge in [0.2, 0.25) is 0 Å². The quantitative estimate of drug-likeness (QED) is 0.798. The van der Waals surface area contributed by atoms with E-state index < -0.39 is 0 Å². The molecule has 1 aromatic rings. The Bertz CT molecular complexity index is 287. The predicted octanol–water partition coefficient (Wildman–Crippen LogP) is 2.84. The van der Waals surface area contributed by atoms with Crippen LogP contribution in [0.1, 0.15) is 38.9 Å². The van der Waals surface area contributed by atoms with E-state index in [9.17, 15) is 0 Å². The van der Waals surface area contributed by atoms with Gasteiger partial charge >= 0.3 is 0 Å². The molecule has 1 unspecified atom stereocenters. The number of hydrogen-bond donors (Lipinski definition) is 1. The van der Waals surface area contributed by atoms with Crippen molar-refractivity contribution in [3.63, 3.8) is 0 Å². The highest BCUT2D eigenvalue weighted by molar-refractivity contribution is 6.30. The van der Waals surface area contributed by atoms with Crippen LogP contribution < -0.4 is 5.32 Å². The zero-order valence-corrected chi connectivity index (χ0v) is 10.8. The third-order valence-electron chi connectivity index (χ3n) is 2.42. The molecule has 0 bridgehead atoms. The summed E-state index contributed by atoms with van der Waals surface area (Å²) in [5, 5.41) is 4.12. The minimum Gasteiger partial charge on any atom is -0.314 e. The van der Waals surface area contributed by atoms with Crippen molar-refractivity contribution in [1.82, 2.24) is 15.3 Å². The first-order valence-electron chi connectivity index (χ1n) is 5.96. The lowest BCUT2D eigenvalue weighted by molar-refractivity contribution is 0.465. The smallest absolute Gasteiger partial charge is 0.129 e. The van der Waals surface area contributed by atoms with E-state index in [0.29, 0.717) is 11.1 Å². The second-order valence-electron chi connectivity index (χ2n) is 3.96. The van der Waals surface area contributed by atoms with Crippen LogP contribution in [-0.4, -0.2) is 22.6 Å². The van der Waals surface area contributed by atoms with Gasteiger partial charge in [0.15, 0.2) is 0 Å². The van der Waals surface area contributed by atoms with Gasteiger partial charge in [0.25, 0.3) is 0 Å². The number of hydrogen-bond acceptors (Lipinski definition) is 3. The van der Waals surface area contributed by atoms with Crippen LogP contribution in [0.4, 0.5) is 0 Å². The van der Waals surface area contributed by atoms with Crippen LogP contribution in [0, 0.1) is 0 Å². The van der Waals surface area contributed by atoms with Crippen molar-refractivity contribution in [1.29, 1.82) is 0 Å². The molecular weight excluding hydrogens is 222 g/mol. The fourth-order valence-corrected chi connectivity index (χ4v) is 1.74. The minimum absolute atomic E-state index is 0.478. The molecule has 1 rings (SSSR count). The van der Waals surface area contributed by atoms with Gasteiger partial charge in [0.1, 0.15) is 5.82 Å². The van der Waals surface area contributed by atoms with Crippen molar-refractivity contribution >= 4 is 11.6 Å². The lowest BCUT2D eigenvalue weighted by Gasteiger charge is -2.16. The molecule has 0 saturated carbocycles. The summed E-state index contributed by atoms with van der Waals surface area (Å²) in [5.74, 6) is 0.867. The lowest BCUT2D eigenvalue weighted by atomic mass is 10.1. The molecule has 0 fully saturated rings. The highest BCUT2D eigenvalue weighted by Crippen LogP contribution is 2.07. The number of nitrogens with one attached hydrogen (secondary N) is 1. The summed E-state index contributed by atoms with van der Waals surface area (Å²) in [7, 11) is 0. The Balaban J connectivity index is 2.49. The third-order valence-corrected chi connectivity index (χ3v) is 2.62. The van der Waals surface area contributed by atoms with Crippen molar-refractivity contribution in [3.8, 4) is 0 Å². The average Bonchev–Trinajstić information content (AvgIpc) is 2.29. The van der Waals surface area contributed by atoms with E-state index >= 15 is 0 Å². The van der Waals surface area contributed by atoms with Gasteiger partial charge in [-0.3, -0.25) is 0 Å². The molecule has 0 spiro atoms. The maximum Gasteiger partial charge on any atom is 0.129 e. The van der Waals surface area contributed by atoms with Gasteiger partial charge in [-0.15, -0.1) is 0 Å². The van der Waals surface area contributed by atoms with Crippen LogP contribution in [0.2, 0.25) is 5.02 Å². The van der Waals surface area contributed by atoms with E-state index in [-0.39, 0.29) is 0 Å². The van der Waals surface area contributed by atoms with E-state index in [0.717, 1.165) is 31.6 Å². The second kappa shape index (κ2) is 7.58. The summed E-state index contributed by atoms with van der Waals surface area (Å²) >= 11 is 5.75. The maximum atomic E-state index is 5.75. The molecule has 4 heteroatoms. The lowest BCUT2D eigenvalue weighted by Crippen LogP contribution is -2.32. The van der Waals surface area contributed by atoms with Crippen LogP contribution >= 0.6 is 11.6 Å². The molecule has 0 aromatic carbocycles. The number of nitrogens with zero attached hydrogens (tertiary/aromatic N) is 2. The number of halogens is 1. The topological polar surface area (TPSA) is 37.8 Å². The van der Waals surface area contributed by atoms with E-state index in [1.54, 1.807) is 12.4 Å². The minimum atomic E-state index is 0.478. The normalized spacial score (nSPS) is 12.7. The molecule has 0 amide bonds. The highest BCUT2D eigenvalue weighted by Gasteiger charge is 2.09. The molecule has 16 heavy (non-hydrogen) atoms. The number of rotatable bonds is 7. The van der Waals surface area contributed by atoms with Crippen molar-refractivity contribution in [2.45, 2.75) is 45.6 Å². The Labute approximate surface area is 103 Å². The first-order chi connectivity index (χ1) is 7.76. The zero-order chi connectivity index (χ0) is 11.8. The molecule has 3 nitrogen and oxygen atoms in total. The van der Waals surface area contributed by atoms with Crippen LogP contribution in [0.25, 0.3) is 0 Å². The summed E-state index contributed by atoms with van der Waals surface area (Å²) in [6, 6.07) is 0.478. The van der Waals surface area contributed by atoms with Crippen molar-refractivity contribution in [2.24, 2.45) is 0 Å². The molecular formula is C12H20ClN3. The van der Waals surface area contributed by atoms with Gasteiger partial charge in [0.05, 0.1) is 5.02 Å².